The van der Waals surface area contributed by atoms with Gasteiger partial charge < -0.3 is 11.1 Å². The molecular formula is C13H17N3. The van der Waals surface area contributed by atoms with Gasteiger partial charge in [0.05, 0.1) is 6.04 Å². The van der Waals surface area contributed by atoms with Gasteiger partial charge in [-0.2, -0.15) is 0 Å². The molecule has 0 saturated heterocycles. The number of benzene rings is 1. The number of nitrogens with one attached hydrogen (secondary N) is 1. The molecule has 0 heterocycles. The minimum absolute atomic E-state index is 0.0983. The van der Waals surface area contributed by atoms with Crippen LogP contribution >= 0.6 is 0 Å². The lowest BCUT2D eigenvalue weighted by Gasteiger charge is -2.09. The maximum atomic E-state index is 5.78. The van der Waals surface area contributed by atoms with Crippen LogP contribution in [0.5, 0.6) is 0 Å². The number of guanidine groups is 1. The zero-order valence-corrected chi connectivity index (χ0v) is 9.48. The van der Waals surface area contributed by atoms with Crippen molar-refractivity contribution in [2.75, 3.05) is 5.32 Å². The van der Waals surface area contributed by atoms with Crippen LogP contribution in [0.2, 0.25) is 0 Å². The molecule has 3 heteroatoms. The van der Waals surface area contributed by atoms with E-state index in [0.717, 1.165) is 12.1 Å². The molecule has 1 aromatic carbocycles. The van der Waals surface area contributed by atoms with E-state index in [4.69, 9.17) is 12.2 Å². The minimum Gasteiger partial charge on any atom is -0.370 e. The first-order valence-electron chi connectivity index (χ1n) is 5.35. The van der Waals surface area contributed by atoms with E-state index in [9.17, 15) is 0 Å². The van der Waals surface area contributed by atoms with Gasteiger partial charge in [-0.05, 0) is 18.6 Å². The Morgan fingerprint density at radius 2 is 2.19 bits per heavy atom. The Morgan fingerprint density at radius 1 is 1.50 bits per heavy atom. The Balaban J connectivity index is 2.61. The van der Waals surface area contributed by atoms with Crippen molar-refractivity contribution in [2.45, 2.75) is 25.8 Å². The highest BCUT2D eigenvalue weighted by Gasteiger charge is 2.02. The first-order chi connectivity index (χ1) is 7.76. The summed E-state index contributed by atoms with van der Waals surface area (Å²) < 4.78 is 0. The highest BCUT2D eigenvalue weighted by molar-refractivity contribution is 5.92. The van der Waals surface area contributed by atoms with E-state index in [0.29, 0.717) is 12.4 Å². The molecule has 0 radical (unpaired) electrons. The van der Waals surface area contributed by atoms with Crippen LogP contribution in [-0.4, -0.2) is 12.0 Å². The lowest BCUT2D eigenvalue weighted by Crippen LogP contribution is -2.24. The van der Waals surface area contributed by atoms with Crippen LogP contribution < -0.4 is 11.1 Å². The maximum Gasteiger partial charge on any atom is 0.193 e. The van der Waals surface area contributed by atoms with E-state index in [2.05, 4.69) is 16.2 Å². The lowest BCUT2D eigenvalue weighted by atomic mass is 10.2. The second-order valence-electron chi connectivity index (χ2n) is 3.48. The van der Waals surface area contributed by atoms with Crippen molar-refractivity contribution >= 4 is 11.6 Å². The molecule has 0 bridgehead atoms. The molecular weight excluding hydrogens is 198 g/mol. The summed E-state index contributed by atoms with van der Waals surface area (Å²) in [6.07, 6.45) is 6.76. The largest absolute Gasteiger partial charge is 0.370 e. The van der Waals surface area contributed by atoms with Crippen molar-refractivity contribution < 1.29 is 0 Å². The summed E-state index contributed by atoms with van der Waals surface area (Å²) in [7, 11) is 0. The molecule has 0 amide bonds. The Hall–Kier alpha value is -1.95. The Kier molecular flexibility index (Phi) is 4.94. The minimum atomic E-state index is 0.0983. The molecule has 0 fully saturated rings. The fourth-order valence-electron chi connectivity index (χ4n) is 1.32. The van der Waals surface area contributed by atoms with Crippen LogP contribution in [0.3, 0.4) is 0 Å². The summed E-state index contributed by atoms with van der Waals surface area (Å²) in [6, 6.07) is 9.80. The van der Waals surface area contributed by atoms with Gasteiger partial charge in [0.2, 0.25) is 0 Å². The first-order valence-corrected chi connectivity index (χ1v) is 5.35. The van der Waals surface area contributed by atoms with Crippen molar-refractivity contribution in [3.8, 4) is 12.3 Å². The van der Waals surface area contributed by atoms with Gasteiger partial charge in [0.1, 0.15) is 0 Å². The van der Waals surface area contributed by atoms with E-state index in [1.54, 1.807) is 0 Å². The molecule has 0 aliphatic carbocycles. The van der Waals surface area contributed by atoms with E-state index >= 15 is 0 Å². The van der Waals surface area contributed by atoms with Crippen LogP contribution in [0, 0.1) is 12.3 Å². The van der Waals surface area contributed by atoms with Crippen molar-refractivity contribution in [2.24, 2.45) is 10.7 Å². The van der Waals surface area contributed by atoms with Crippen molar-refractivity contribution in [1.29, 1.82) is 0 Å². The summed E-state index contributed by atoms with van der Waals surface area (Å²) in [5.41, 5.74) is 6.71. The van der Waals surface area contributed by atoms with Crippen LogP contribution in [-0.2, 0) is 0 Å². The second kappa shape index (κ2) is 6.52. The molecule has 0 aromatic heterocycles. The van der Waals surface area contributed by atoms with Crippen LogP contribution in [0.25, 0.3) is 0 Å². The van der Waals surface area contributed by atoms with Crippen molar-refractivity contribution in [1.82, 2.24) is 0 Å². The average Bonchev–Trinajstić information content (AvgIpc) is 2.29. The number of aliphatic imine (C=N–C) groups is 1. The van der Waals surface area contributed by atoms with Crippen molar-refractivity contribution in [3.63, 3.8) is 0 Å². The topological polar surface area (TPSA) is 50.4 Å². The number of para-hydroxylation sites is 1. The zero-order valence-electron chi connectivity index (χ0n) is 9.48. The van der Waals surface area contributed by atoms with Gasteiger partial charge in [0.15, 0.2) is 5.96 Å². The monoisotopic (exact) mass is 215 g/mol. The van der Waals surface area contributed by atoms with Gasteiger partial charge in [-0.3, -0.25) is 0 Å². The van der Waals surface area contributed by atoms with E-state index < -0.39 is 0 Å². The van der Waals surface area contributed by atoms with Gasteiger partial charge in [-0.25, -0.2) is 4.99 Å². The Labute approximate surface area is 96.8 Å². The van der Waals surface area contributed by atoms with Crippen LogP contribution in [0.15, 0.2) is 35.3 Å². The average molecular weight is 215 g/mol. The quantitative estimate of drug-likeness (QED) is 0.459. The van der Waals surface area contributed by atoms with Crippen LogP contribution in [0.4, 0.5) is 5.69 Å². The Bertz CT molecular complexity index is 376. The lowest BCUT2D eigenvalue weighted by molar-refractivity contribution is 0.671. The molecule has 3 N–H and O–H groups in total. The van der Waals surface area contributed by atoms with E-state index in [1.165, 1.54) is 0 Å². The molecule has 0 aliphatic rings. The fourth-order valence-corrected chi connectivity index (χ4v) is 1.32. The van der Waals surface area contributed by atoms with Crippen molar-refractivity contribution in [3.05, 3.63) is 30.3 Å². The van der Waals surface area contributed by atoms with Gasteiger partial charge in [-0.15, -0.1) is 12.3 Å². The standard InChI is InChI=1S/C13H17N3/c1-3-8-11(4-2)15-13(14)16-12-9-6-5-7-10-12/h1,5-7,9-11H,4,8H2,2H3,(H3,14,15,16). The first kappa shape index (κ1) is 12.1. The second-order valence-corrected chi connectivity index (χ2v) is 3.48. The summed E-state index contributed by atoms with van der Waals surface area (Å²) in [6.45, 7) is 2.04. The molecule has 16 heavy (non-hydrogen) atoms. The number of terminal acetylenes is 1. The normalized spacial score (nSPS) is 12.9. The maximum absolute atomic E-state index is 5.78. The fraction of sp³-hybridized carbons (Fsp3) is 0.308. The van der Waals surface area contributed by atoms with Gasteiger partial charge >= 0.3 is 0 Å². The molecule has 0 saturated carbocycles. The molecule has 1 aromatic rings. The summed E-state index contributed by atoms with van der Waals surface area (Å²) in [5, 5.41) is 3.02. The number of nitrogens with zero attached hydrogens (tertiary/aromatic N) is 1. The smallest absolute Gasteiger partial charge is 0.193 e. The summed E-state index contributed by atoms with van der Waals surface area (Å²) >= 11 is 0. The molecule has 1 unspecified atom stereocenters. The van der Waals surface area contributed by atoms with Gasteiger partial charge in [0.25, 0.3) is 0 Å². The third-order valence-electron chi connectivity index (χ3n) is 2.19. The highest BCUT2D eigenvalue weighted by Crippen LogP contribution is 2.06. The number of nitrogens with two attached hydrogens (primary N) is 1. The van der Waals surface area contributed by atoms with Crippen LogP contribution in [0.1, 0.15) is 19.8 Å². The molecule has 3 nitrogen and oxygen atoms in total. The third kappa shape index (κ3) is 4.05. The SMILES string of the molecule is C#CCC(CC)N=C(N)Nc1ccccc1. The molecule has 1 atom stereocenters. The highest BCUT2D eigenvalue weighted by atomic mass is 15.1. The summed E-state index contributed by atoms with van der Waals surface area (Å²) in [4.78, 5) is 4.32. The zero-order chi connectivity index (χ0) is 11.8. The number of rotatable bonds is 4. The van der Waals surface area contributed by atoms with E-state index in [1.807, 2.05) is 37.3 Å². The van der Waals surface area contributed by atoms with Gasteiger partial charge in [-0.1, -0.05) is 25.1 Å². The molecule has 84 valence electrons. The number of anilines is 1. The summed E-state index contributed by atoms with van der Waals surface area (Å²) in [5.74, 6) is 3.01. The molecule has 0 spiro atoms. The van der Waals surface area contributed by atoms with Gasteiger partial charge in [0, 0.05) is 12.1 Å². The Morgan fingerprint density at radius 3 is 2.75 bits per heavy atom. The predicted octanol–water partition coefficient (Wildman–Crippen LogP) is 2.22. The molecule has 1 rings (SSSR count). The predicted molar refractivity (Wildman–Crippen MR) is 69.2 cm³/mol. The number of hydrogen-bond donors (Lipinski definition) is 2. The number of hydrogen-bond acceptors (Lipinski definition) is 1. The van der Waals surface area contributed by atoms with E-state index in [-0.39, 0.29) is 6.04 Å². The third-order valence-corrected chi connectivity index (χ3v) is 2.19. The molecule has 0 aliphatic heterocycles.